The van der Waals surface area contributed by atoms with Gasteiger partial charge < -0.3 is 38.6 Å². The first-order valence-electron chi connectivity index (χ1n) is 16.1. The van der Waals surface area contributed by atoms with Gasteiger partial charge in [-0.3, -0.25) is 19.2 Å². The molecule has 6 rings (SSSR count). The number of ketones is 4. The average molecular weight is 697 g/mol. The number of phenols is 2. The molecule has 2 N–H and O–H groups in total. The van der Waals surface area contributed by atoms with E-state index in [0.29, 0.717) is 6.42 Å². The van der Waals surface area contributed by atoms with Gasteiger partial charge in [-0.05, 0) is 31.4 Å². The van der Waals surface area contributed by atoms with Crippen LogP contribution in [0.5, 0.6) is 23.0 Å². The number of aromatic hydroxyl groups is 2. The number of rotatable bonds is 14. The molecule has 51 heavy (non-hydrogen) atoms. The molecule has 0 radical (unpaired) electrons. The molecule has 2 aliphatic carbocycles. The van der Waals surface area contributed by atoms with E-state index in [1.165, 1.54) is 52.7 Å². The van der Waals surface area contributed by atoms with Gasteiger partial charge in [-0.2, -0.15) is 0 Å². The first-order valence-corrected chi connectivity index (χ1v) is 16.1. The third-order valence-electron chi connectivity index (χ3n) is 9.17. The number of phenolic OH excluding ortho intramolecular Hbond substituents is 2. The van der Waals surface area contributed by atoms with E-state index < -0.39 is 46.8 Å². The van der Waals surface area contributed by atoms with Crippen LogP contribution < -0.4 is 9.47 Å². The monoisotopic (exact) mass is 696 g/mol. The van der Waals surface area contributed by atoms with Gasteiger partial charge in [0, 0.05) is 47.6 Å². The minimum Gasteiger partial charge on any atom is -0.507 e. The summed E-state index contributed by atoms with van der Waals surface area (Å²) in [5.74, 6) is -2.56. The van der Waals surface area contributed by atoms with Crippen molar-refractivity contribution < 1.29 is 57.8 Å². The van der Waals surface area contributed by atoms with E-state index >= 15 is 0 Å². The Morgan fingerprint density at radius 1 is 0.529 bits per heavy atom. The maximum atomic E-state index is 13.6. The van der Waals surface area contributed by atoms with Crippen LogP contribution in [-0.4, -0.2) is 75.4 Å². The van der Waals surface area contributed by atoms with Crippen LogP contribution in [-0.2, 0) is 18.9 Å². The molecule has 0 aromatic heterocycles. The molecule has 2 atom stereocenters. The SMILES string of the molecule is COCOC(CCCC(OCOC)c1cc(OC)c2c(c1O)C(=O)c1ccccc1C2=O)c1cc(OC)c2c(c1O)C(=O)c1ccccc1C2=O. The summed E-state index contributed by atoms with van der Waals surface area (Å²) < 4.78 is 33.5. The number of hydrogen-bond acceptors (Lipinski definition) is 12. The van der Waals surface area contributed by atoms with Crippen LogP contribution in [0.15, 0.2) is 60.7 Å². The molecule has 0 spiro atoms. The summed E-state index contributed by atoms with van der Waals surface area (Å²) >= 11 is 0. The van der Waals surface area contributed by atoms with Crippen LogP contribution in [0.4, 0.5) is 0 Å². The zero-order valence-corrected chi connectivity index (χ0v) is 28.4. The minimum absolute atomic E-state index is 0.0338. The van der Waals surface area contributed by atoms with E-state index in [-0.39, 0.29) is 93.6 Å². The number of carbonyl (C=O) groups excluding carboxylic acids is 4. The third kappa shape index (κ3) is 6.16. The van der Waals surface area contributed by atoms with E-state index in [1.807, 2.05) is 0 Å². The number of benzene rings is 4. The van der Waals surface area contributed by atoms with Gasteiger partial charge in [0.15, 0.2) is 23.1 Å². The minimum atomic E-state index is -0.852. The molecule has 12 heteroatoms. The van der Waals surface area contributed by atoms with E-state index in [1.54, 1.807) is 36.4 Å². The summed E-state index contributed by atoms with van der Waals surface area (Å²) in [6.07, 6.45) is -0.897. The Labute approximate surface area is 293 Å². The summed E-state index contributed by atoms with van der Waals surface area (Å²) in [5, 5.41) is 23.1. The molecular weight excluding hydrogens is 660 g/mol. The zero-order valence-electron chi connectivity index (χ0n) is 28.4. The molecular formula is C39H36O12. The molecule has 12 nitrogen and oxygen atoms in total. The Kier molecular flexibility index (Phi) is 10.3. The maximum absolute atomic E-state index is 13.6. The lowest BCUT2D eigenvalue weighted by Crippen LogP contribution is -2.23. The Morgan fingerprint density at radius 2 is 0.863 bits per heavy atom. The van der Waals surface area contributed by atoms with Crippen LogP contribution in [0.1, 0.15) is 106 Å². The fourth-order valence-corrected chi connectivity index (χ4v) is 6.78. The highest BCUT2D eigenvalue weighted by atomic mass is 16.7. The summed E-state index contributed by atoms with van der Waals surface area (Å²) in [6, 6.07) is 15.7. The van der Waals surface area contributed by atoms with E-state index in [0.717, 1.165) is 0 Å². The lowest BCUT2D eigenvalue weighted by molar-refractivity contribution is -0.0863. The standard InChI is InChI=1S/C39H36O12/c1-46-18-50-26(24-16-28(48-3)30-32(38(24)44)36(42)22-12-7-5-10-20(22)34(30)40)14-9-15-27(51-19-47-2)25-17-29(49-4)31-33(39(25)45)37(43)23-13-8-6-11-21(23)35(31)41/h5-8,10-13,16-17,26-27,44-45H,9,14-15,18-19H2,1-4H3. The molecule has 0 bridgehead atoms. The summed E-state index contributed by atoms with van der Waals surface area (Å²) in [5.41, 5.74) is 0.764. The van der Waals surface area contributed by atoms with Crippen LogP contribution in [0.3, 0.4) is 0 Å². The first-order chi connectivity index (χ1) is 24.7. The molecule has 2 unspecified atom stereocenters. The van der Waals surface area contributed by atoms with Gasteiger partial charge in [-0.1, -0.05) is 48.5 Å². The number of hydrogen-bond donors (Lipinski definition) is 2. The normalized spacial score (nSPS) is 14.4. The van der Waals surface area contributed by atoms with Crippen molar-refractivity contribution in [1.82, 2.24) is 0 Å². The van der Waals surface area contributed by atoms with E-state index in [9.17, 15) is 29.4 Å². The van der Waals surface area contributed by atoms with Crippen LogP contribution >= 0.6 is 0 Å². The van der Waals surface area contributed by atoms with Gasteiger partial charge in [-0.15, -0.1) is 0 Å². The number of methoxy groups -OCH3 is 4. The molecule has 2 aliphatic rings. The van der Waals surface area contributed by atoms with Crippen molar-refractivity contribution in [2.24, 2.45) is 0 Å². The zero-order chi connectivity index (χ0) is 36.4. The predicted octanol–water partition coefficient (Wildman–Crippen LogP) is 5.86. The quantitative estimate of drug-likeness (QED) is 0.131. The van der Waals surface area contributed by atoms with Crippen molar-refractivity contribution in [3.05, 3.63) is 116 Å². The van der Waals surface area contributed by atoms with Gasteiger partial charge in [0.25, 0.3) is 0 Å². The summed E-state index contributed by atoms with van der Waals surface area (Å²) in [6.45, 7) is -0.327. The average Bonchev–Trinajstić information content (AvgIpc) is 3.15. The van der Waals surface area contributed by atoms with Gasteiger partial charge in [0.1, 0.15) is 36.6 Å². The molecule has 0 amide bonds. The highest BCUT2D eigenvalue weighted by molar-refractivity contribution is 6.31. The third-order valence-corrected chi connectivity index (χ3v) is 9.17. The topological polar surface area (TPSA) is 164 Å². The van der Waals surface area contributed by atoms with Gasteiger partial charge >= 0.3 is 0 Å². The second kappa shape index (κ2) is 14.8. The molecule has 0 heterocycles. The highest BCUT2D eigenvalue weighted by Gasteiger charge is 2.39. The molecule has 4 aromatic rings. The maximum Gasteiger partial charge on any atom is 0.198 e. The summed E-state index contributed by atoms with van der Waals surface area (Å²) in [7, 11) is 5.62. The lowest BCUT2D eigenvalue weighted by atomic mass is 9.81. The fourth-order valence-electron chi connectivity index (χ4n) is 6.78. The van der Waals surface area contributed by atoms with Crippen molar-refractivity contribution in [3.63, 3.8) is 0 Å². The largest absolute Gasteiger partial charge is 0.507 e. The van der Waals surface area contributed by atoms with Gasteiger partial charge in [0.05, 0.1) is 48.7 Å². The van der Waals surface area contributed by atoms with Crippen LogP contribution in [0, 0.1) is 0 Å². The molecule has 0 aliphatic heterocycles. The second-order valence-corrected chi connectivity index (χ2v) is 12.0. The second-order valence-electron chi connectivity index (χ2n) is 12.0. The molecule has 0 fully saturated rings. The number of carbonyl (C=O) groups is 4. The van der Waals surface area contributed by atoms with Crippen molar-refractivity contribution in [1.29, 1.82) is 0 Å². The molecule has 0 saturated carbocycles. The number of fused-ring (bicyclic) bond motifs is 4. The Balaban J connectivity index is 1.34. The van der Waals surface area contributed by atoms with Gasteiger partial charge in [0.2, 0.25) is 0 Å². The Bertz CT molecular complexity index is 1900. The smallest absolute Gasteiger partial charge is 0.198 e. The molecule has 0 saturated heterocycles. The van der Waals surface area contributed by atoms with Crippen molar-refractivity contribution in [2.75, 3.05) is 42.0 Å². The lowest BCUT2D eigenvalue weighted by Gasteiger charge is -2.27. The highest BCUT2D eigenvalue weighted by Crippen LogP contribution is 2.46. The Hall–Kier alpha value is -5.40. The molecule has 4 aromatic carbocycles. The van der Waals surface area contributed by atoms with E-state index in [2.05, 4.69) is 0 Å². The van der Waals surface area contributed by atoms with Crippen molar-refractivity contribution in [2.45, 2.75) is 31.5 Å². The first kappa shape index (κ1) is 35.4. The Morgan fingerprint density at radius 3 is 1.18 bits per heavy atom. The van der Waals surface area contributed by atoms with E-state index in [4.69, 9.17) is 28.4 Å². The number of ether oxygens (including phenoxy) is 6. The van der Waals surface area contributed by atoms with Crippen LogP contribution in [0.2, 0.25) is 0 Å². The van der Waals surface area contributed by atoms with Crippen molar-refractivity contribution >= 4 is 23.1 Å². The molecule has 264 valence electrons. The summed E-state index contributed by atoms with van der Waals surface area (Å²) in [4.78, 5) is 54.3. The van der Waals surface area contributed by atoms with Gasteiger partial charge in [-0.25, -0.2) is 0 Å². The fraction of sp³-hybridized carbons (Fsp3) is 0.282. The predicted molar refractivity (Wildman–Crippen MR) is 181 cm³/mol. The van der Waals surface area contributed by atoms with Crippen LogP contribution in [0.25, 0.3) is 0 Å². The van der Waals surface area contributed by atoms with Crippen molar-refractivity contribution in [3.8, 4) is 23.0 Å².